The lowest BCUT2D eigenvalue weighted by molar-refractivity contribution is -0.0500. The van der Waals surface area contributed by atoms with Gasteiger partial charge < -0.3 is 13.7 Å². The fourth-order valence-electron chi connectivity index (χ4n) is 2.62. The molecule has 0 spiro atoms. The summed E-state index contributed by atoms with van der Waals surface area (Å²) in [5.41, 5.74) is -3.54. The van der Waals surface area contributed by atoms with Gasteiger partial charge in [0.05, 0.1) is 25.3 Å². The molecular formula is C23H27F3O7S. The van der Waals surface area contributed by atoms with Crippen molar-refractivity contribution in [3.8, 4) is 5.75 Å². The number of halogens is 3. The summed E-state index contributed by atoms with van der Waals surface area (Å²) in [6, 6.07) is 11.7. The Morgan fingerprint density at radius 1 is 0.794 bits per heavy atom. The quantitative estimate of drug-likeness (QED) is 0.198. The number of alkyl halides is 3. The first-order chi connectivity index (χ1) is 15.9. The zero-order chi connectivity index (χ0) is 25.8. The number of aryl methyl sites for hydroxylation is 1. The molecule has 34 heavy (non-hydrogen) atoms. The summed E-state index contributed by atoms with van der Waals surface area (Å²) >= 11 is 0. The standard InChI is InChI=1S/C14H20O2.C9H7F3O5S/c1-3-4-5-6-7-12-8-10-13(11-9-12)14(15)16-2;1-16-8(13)6-2-4-7(5-3-6)17-18(14,15)9(10,11)12/h8-11H,3-7H2,1-2H3;2-5H,1H3. The van der Waals surface area contributed by atoms with Crippen molar-refractivity contribution in [1.82, 2.24) is 0 Å². The predicted molar refractivity (Wildman–Crippen MR) is 119 cm³/mol. The third-order valence-electron chi connectivity index (χ3n) is 4.46. The zero-order valence-electron chi connectivity index (χ0n) is 19.1. The van der Waals surface area contributed by atoms with Crippen LogP contribution >= 0.6 is 0 Å². The number of hydrogen-bond acceptors (Lipinski definition) is 7. The molecule has 188 valence electrons. The van der Waals surface area contributed by atoms with E-state index in [1.54, 1.807) is 0 Å². The number of unbranched alkanes of at least 4 members (excludes halogenated alkanes) is 3. The summed E-state index contributed by atoms with van der Waals surface area (Å²) in [5.74, 6) is -1.53. The maximum Gasteiger partial charge on any atom is 0.534 e. The van der Waals surface area contributed by atoms with Crippen molar-refractivity contribution in [2.75, 3.05) is 14.2 Å². The van der Waals surface area contributed by atoms with Gasteiger partial charge in [0, 0.05) is 0 Å². The van der Waals surface area contributed by atoms with E-state index in [0.717, 1.165) is 37.8 Å². The van der Waals surface area contributed by atoms with Gasteiger partial charge in [-0.05, 0) is 54.8 Å². The minimum Gasteiger partial charge on any atom is -0.465 e. The summed E-state index contributed by atoms with van der Waals surface area (Å²) in [7, 11) is -3.18. The minimum atomic E-state index is -5.71. The molecule has 2 aromatic rings. The summed E-state index contributed by atoms with van der Waals surface area (Å²) in [6.07, 6.45) is 6.18. The van der Waals surface area contributed by atoms with Crippen molar-refractivity contribution in [2.24, 2.45) is 0 Å². The lowest BCUT2D eigenvalue weighted by Gasteiger charge is -2.09. The summed E-state index contributed by atoms with van der Waals surface area (Å²) in [5, 5.41) is 0. The molecule has 0 aliphatic heterocycles. The van der Waals surface area contributed by atoms with Gasteiger partial charge in [0.15, 0.2) is 0 Å². The number of carbonyl (C=O) groups excluding carboxylic acids is 2. The Bertz CT molecular complexity index is 1020. The highest BCUT2D eigenvalue weighted by Gasteiger charge is 2.48. The Balaban J connectivity index is 0.000000342. The molecule has 11 heteroatoms. The number of rotatable bonds is 9. The monoisotopic (exact) mass is 504 g/mol. The third kappa shape index (κ3) is 9.42. The molecule has 0 aliphatic carbocycles. The summed E-state index contributed by atoms with van der Waals surface area (Å²) < 4.78 is 70.1. The average molecular weight is 505 g/mol. The highest BCUT2D eigenvalue weighted by Crippen LogP contribution is 2.27. The molecule has 0 radical (unpaired) electrons. The molecule has 0 saturated heterocycles. The summed E-state index contributed by atoms with van der Waals surface area (Å²) in [6.45, 7) is 2.21. The van der Waals surface area contributed by atoms with Gasteiger partial charge in [-0.2, -0.15) is 21.6 Å². The highest BCUT2D eigenvalue weighted by molar-refractivity contribution is 7.88. The molecule has 0 atom stereocenters. The molecule has 0 amide bonds. The van der Waals surface area contributed by atoms with Crippen LogP contribution in [0.3, 0.4) is 0 Å². The molecule has 0 saturated carbocycles. The second kappa shape index (κ2) is 13.6. The lowest BCUT2D eigenvalue weighted by atomic mass is 10.0. The smallest absolute Gasteiger partial charge is 0.465 e. The Morgan fingerprint density at radius 3 is 1.68 bits per heavy atom. The fourth-order valence-corrected chi connectivity index (χ4v) is 3.08. The van der Waals surface area contributed by atoms with Crippen LogP contribution in [0.15, 0.2) is 48.5 Å². The highest BCUT2D eigenvalue weighted by atomic mass is 32.2. The van der Waals surface area contributed by atoms with Crippen LogP contribution in [0.5, 0.6) is 5.75 Å². The molecule has 0 aliphatic rings. The molecule has 2 aromatic carbocycles. The number of methoxy groups -OCH3 is 2. The van der Waals surface area contributed by atoms with Gasteiger partial charge in [-0.3, -0.25) is 0 Å². The number of hydrogen-bond donors (Lipinski definition) is 0. The van der Waals surface area contributed by atoms with Gasteiger partial charge in [0.2, 0.25) is 0 Å². The van der Waals surface area contributed by atoms with E-state index >= 15 is 0 Å². The Morgan fingerprint density at radius 2 is 1.26 bits per heavy atom. The first-order valence-electron chi connectivity index (χ1n) is 10.3. The molecule has 0 aromatic heterocycles. The first kappa shape index (κ1) is 29.0. The molecule has 0 heterocycles. The van der Waals surface area contributed by atoms with Crippen LogP contribution < -0.4 is 4.18 Å². The maximum absolute atomic E-state index is 12.0. The van der Waals surface area contributed by atoms with Crippen LogP contribution in [0.4, 0.5) is 13.2 Å². The number of ether oxygens (including phenoxy) is 2. The molecule has 0 fully saturated rings. The summed E-state index contributed by atoms with van der Waals surface area (Å²) in [4.78, 5) is 22.2. The van der Waals surface area contributed by atoms with Gasteiger partial charge in [0.25, 0.3) is 0 Å². The first-order valence-corrected chi connectivity index (χ1v) is 11.7. The topological polar surface area (TPSA) is 96.0 Å². The average Bonchev–Trinajstić information content (AvgIpc) is 2.81. The third-order valence-corrected chi connectivity index (χ3v) is 5.44. The van der Waals surface area contributed by atoms with Crippen LogP contribution in [0.1, 0.15) is 58.9 Å². The van der Waals surface area contributed by atoms with Crippen molar-refractivity contribution < 1.29 is 44.8 Å². The van der Waals surface area contributed by atoms with E-state index in [2.05, 4.69) is 20.6 Å². The molecule has 0 unspecified atom stereocenters. The van der Waals surface area contributed by atoms with Crippen molar-refractivity contribution in [3.05, 3.63) is 65.2 Å². The Labute approximate surface area is 197 Å². The zero-order valence-corrected chi connectivity index (χ0v) is 19.9. The fraction of sp³-hybridized carbons (Fsp3) is 0.391. The molecule has 2 rings (SSSR count). The normalized spacial score (nSPS) is 11.1. The molecular weight excluding hydrogens is 477 g/mol. The van der Waals surface area contributed by atoms with Gasteiger partial charge in [-0.1, -0.05) is 38.3 Å². The Kier molecular flexibility index (Phi) is 11.6. The van der Waals surface area contributed by atoms with Gasteiger partial charge in [-0.25, -0.2) is 9.59 Å². The van der Waals surface area contributed by atoms with Crippen molar-refractivity contribution in [1.29, 1.82) is 0 Å². The largest absolute Gasteiger partial charge is 0.534 e. The van der Waals surface area contributed by atoms with Crippen molar-refractivity contribution in [3.63, 3.8) is 0 Å². The maximum atomic E-state index is 12.0. The van der Waals surface area contributed by atoms with Crippen LogP contribution in [0.25, 0.3) is 0 Å². The van der Waals surface area contributed by atoms with E-state index in [1.165, 1.54) is 38.4 Å². The van der Waals surface area contributed by atoms with E-state index in [-0.39, 0.29) is 11.5 Å². The van der Waals surface area contributed by atoms with E-state index in [4.69, 9.17) is 0 Å². The van der Waals surface area contributed by atoms with E-state index < -0.39 is 27.3 Å². The molecule has 0 bridgehead atoms. The predicted octanol–water partition coefficient (Wildman–Crippen LogP) is 5.30. The van der Waals surface area contributed by atoms with Crippen LogP contribution in [-0.4, -0.2) is 40.1 Å². The van der Waals surface area contributed by atoms with E-state index in [9.17, 15) is 31.2 Å². The van der Waals surface area contributed by atoms with Gasteiger partial charge in [0.1, 0.15) is 5.75 Å². The van der Waals surface area contributed by atoms with Crippen LogP contribution in [-0.2, 0) is 26.0 Å². The molecule has 7 nitrogen and oxygen atoms in total. The minimum absolute atomic E-state index is 0.0502. The second-order valence-electron chi connectivity index (χ2n) is 7.00. The molecule has 0 N–H and O–H groups in total. The van der Waals surface area contributed by atoms with Crippen molar-refractivity contribution >= 4 is 22.1 Å². The van der Waals surface area contributed by atoms with Crippen molar-refractivity contribution in [2.45, 2.75) is 44.5 Å². The van der Waals surface area contributed by atoms with Gasteiger partial charge in [-0.15, -0.1) is 0 Å². The second-order valence-corrected chi connectivity index (χ2v) is 8.54. The number of esters is 2. The SMILES string of the molecule is CCCCCCc1ccc(C(=O)OC)cc1.COC(=O)c1ccc(OS(=O)(=O)C(F)(F)F)cc1. The van der Waals surface area contributed by atoms with E-state index in [0.29, 0.717) is 5.56 Å². The van der Waals surface area contributed by atoms with Gasteiger partial charge >= 0.3 is 27.6 Å². The van der Waals surface area contributed by atoms with Crippen LogP contribution in [0.2, 0.25) is 0 Å². The van der Waals surface area contributed by atoms with E-state index in [1.807, 2.05) is 24.3 Å². The number of benzene rings is 2. The lowest BCUT2D eigenvalue weighted by Crippen LogP contribution is -2.28. The Hall–Kier alpha value is -3.08. The van der Waals surface area contributed by atoms with Crippen LogP contribution in [0, 0.1) is 0 Å². The number of carbonyl (C=O) groups is 2.